The van der Waals surface area contributed by atoms with Crippen molar-refractivity contribution in [2.24, 2.45) is 5.92 Å². The minimum absolute atomic E-state index is 0.278. The number of hydrogen-bond acceptors (Lipinski definition) is 7. The second kappa shape index (κ2) is 10.7. The number of aromatic nitrogens is 2. The lowest BCUT2D eigenvalue weighted by Crippen LogP contribution is -2.33. The number of carbonyl (C=O) groups is 3. The molecule has 0 saturated carbocycles. The quantitative estimate of drug-likeness (QED) is 0.284. The van der Waals surface area contributed by atoms with Crippen LogP contribution in [0.3, 0.4) is 0 Å². The van der Waals surface area contributed by atoms with Crippen molar-refractivity contribution in [1.82, 2.24) is 9.55 Å². The lowest BCUT2D eigenvalue weighted by Gasteiger charge is -2.30. The van der Waals surface area contributed by atoms with Gasteiger partial charge >= 0.3 is 4.87 Å². The molecule has 6 rings (SSSR count). The fourth-order valence-corrected chi connectivity index (χ4v) is 8.13. The van der Waals surface area contributed by atoms with Crippen LogP contribution in [0.25, 0.3) is 0 Å². The number of rotatable bonds is 5. The van der Waals surface area contributed by atoms with Crippen molar-refractivity contribution < 1.29 is 14.4 Å². The first-order valence-corrected chi connectivity index (χ1v) is 14.7. The molecule has 3 atom stereocenters. The van der Waals surface area contributed by atoms with Gasteiger partial charge in [0.25, 0.3) is 0 Å². The Balaban J connectivity index is 1.39. The molecule has 0 aliphatic carbocycles. The van der Waals surface area contributed by atoms with E-state index in [9.17, 15) is 19.2 Å². The van der Waals surface area contributed by atoms with Gasteiger partial charge in [0.2, 0.25) is 17.7 Å². The van der Waals surface area contributed by atoms with Crippen molar-refractivity contribution in [3.8, 4) is 0 Å². The molecular weight excluding hydrogens is 615 g/mol. The molecule has 2 aliphatic rings. The third-order valence-electron chi connectivity index (χ3n) is 6.68. The van der Waals surface area contributed by atoms with E-state index in [-0.39, 0.29) is 22.3 Å². The normalized spacial score (nSPS) is 19.9. The van der Waals surface area contributed by atoms with Gasteiger partial charge in [-0.3, -0.25) is 28.7 Å². The predicted octanol–water partition coefficient (Wildman–Crippen LogP) is 5.70. The maximum absolute atomic E-state index is 13.8. The van der Waals surface area contributed by atoms with Gasteiger partial charge in [-0.1, -0.05) is 64.0 Å². The first kappa shape index (κ1) is 27.0. The van der Waals surface area contributed by atoms with E-state index in [1.54, 1.807) is 54.9 Å². The molecule has 4 heterocycles. The number of amides is 3. The van der Waals surface area contributed by atoms with Crippen LogP contribution in [0.1, 0.15) is 16.4 Å². The van der Waals surface area contributed by atoms with Crippen LogP contribution in [0.4, 0.5) is 11.4 Å². The lowest BCUT2D eigenvalue weighted by molar-refractivity contribution is -0.122. The lowest BCUT2D eigenvalue weighted by atomic mass is 9.84. The largest absolute Gasteiger partial charge is 0.324 e. The Kier molecular flexibility index (Phi) is 7.22. The Morgan fingerprint density at radius 3 is 2.45 bits per heavy atom. The van der Waals surface area contributed by atoms with Gasteiger partial charge in [-0.15, -0.1) is 0 Å². The summed E-state index contributed by atoms with van der Waals surface area (Å²) in [5, 5.41) is 3.50. The summed E-state index contributed by atoms with van der Waals surface area (Å²) in [7, 11) is 0. The number of anilines is 2. The third-order valence-corrected chi connectivity index (χ3v) is 10.3. The van der Waals surface area contributed by atoms with E-state index >= 15 is 0 Å². The Morgan fingerprint density at radius 2 is 1.75 bits per heavy atom. The van der Waals surface area contributed by atoms with Gasteiger partial charge < -0.3 is 5.32 Å². The van der Waals surface area contributed by atoms with E-state index in [4.69, 9.17) is 34.8 Å². The number of hydrogen-bond donors (Lipinski definition) is 1. The van der Waals surface area contributed by atoms with E-state index in [1.165, 1.54) is 15.5 Å². The monoisotopic (exact) mass is 630 g/mol. The topological polar surface area (TPSA) is 101 Å². The molecular formula is C27H17Cl3N4O4S2. The third kappa shape index (κ3) is 4.73. The molecule has 2 aromatic heterocycles. The first-order valence-electron chi connectivity index (χ1n) is 11.9. The van der Waals surface area contributed by atoms with Crippen LogP contribution in [0.2, 0.25) is 15.1 Å². The maximum Gasteiger partial charge on any atom is 0.308 e. The van der Waals surface area contributed by atoms with Gasteiger partial charge in [0.15, 0.2) is 0 Å². The number of pyridine rings is 1. The number of fused-ring (bicyclic) bond motifs is 2. The van der Waals surface area contributed by atoms with E-state index in [0.29, 0.717) is 36.9 Å². The zero-order valence-corrected chi connectivity index (χ0v) is 24.1. The number of benzene rings is 2. The molecule has 8 nitrogen and oxygen atoms in total. The zero-order valence-electron chi connectivity index (χ0n) is 20.2. The van der Waals surface area contributed by atoms with E-state index in [2.05, 4.69) is 10.3 Å². The summed E-state index contributed by atoms with van der Waals surface area (Å²) >= 11 is 20.1. The smallest absolute Gasteiger partial charge is 0.308 e. The van der Waals surface area contributed by atoms with Crippen LogP contribution < -0.4 is 15.1 Å². The maximum atomic E-state index is 13.8. The molecule has 202 valence electrons. The molecule has 2 aliphatic heterocycles. The molecule has 13 heteroatoms. The zero-order chi connectivity index (χ0) is 28.1. The molecule has 1 N–H and O–H groups in total. The molecule has 1 saturated heterocycles. The van der Waals surface area contributed by atoms with Crippen molar-refractivity contribution in [1.29, 1.82) is 0 Å². The summed E-state index contributed by atoms with van der Waals surface area (Å²) in [4.78, 5) is 59.4. The Bertz CT molecular complexity index is 1730. The van der Waals surface area contributed by atoms with Crippen molar-refractivity contribution in [3.05, 3.63) is 102 Å². The van der Waals surface area contributed by atoms with E-state index in [1.807, 2.05) is 6.07 Å². The minimum atomic E-state index is -0.806. The van der Waals surface area contributed by atoms with Crippen LogP contribution >= 0.6 is 57.9 Å². The number of nitrogens with one attached hydrogen (secondary N) is 1. The van der Waals surface area contributed by atoms with Crippen LogP contribution in [0.5, 0.6) is 0 Å². The van der Waals surface area contributed by atoms with Gasteiger partial charge in [0, 0.05) is 33.9 Å². The van der Waals surface area contributed by atoms with E-state index < -0.39 is 28.9 Å². The van der Waals surface area contributed by atoms with Crippen LogP contribution in [0, 0.1) is 5.92 Å². The van der Waals surface area contributed by atoms with Crippen molar-refractivity contribution in [3.63, 3.8) is 0 Å². The van der Waals surface area contributed by atoms with Gasteiger partial charge in [0.05, 0.1) is 26.7 Å². The van der Waals surface area contributed by atoms with Crippen molar-refractivity contribution in [2.45, 2.75) is 22.7 Å². The van der Waals surface area contributed by atoms with Gasteiger partial charge in [-0.2, -0.15) is 0 Å². The summed E-state index contributed by atoms with van der Waals surface area (Å²) in [6, 6.07) is 14.7. The molecule has 0 bridgehead atoms. The van der Waals surface area contributed by atoms with Gasteiger partial charge in [-0.25, -0.2) is 4.90 Å². The second-order valence-corrected chi connectivity index (χ2v) is 12.5. The molecule has 0 radical (unpaired) electrons. The SMILES string of the molecule is O=C(Cn1c2c(sc1=O)C(c1cccnc1)C1C(=O)N(c3ccc(Cl)cc3)C(=O)C1S2)Nc1ccc(Cl)c(Cl)c1. The molecule has 1 fully saturated rings. The standard InChI is InChI=1S/C27H17Cl3N4O4S2/c28-14-3-6-16(7-4-14)34-24(36)21-20(13-2-1-9-31-11-13)23-26(39-22(21)25(34)37)33(27(38)40-23)12-19(35)32-15-5-8-17(29)18(30)10-15/h1-11,20-22H,12H2,(H,32,35). The molecule has 0 spiro atoms. The predicted molar refractivity (Wildman–Crippen MR) is 157 cm³/mol. The fraction of sp³-hybridized carbons (Fsp3) is 0.148. The number of halogens is 3. The summed E-state index contributed by atoms with van der Waals surface area (Å²) in [6.45, 7) is -0.294. The Labute approximate surface area is 250 Å². The van der Waals surface area contributed by atoms with Crippen LogP contribution in [-0.2, 0) is 20.9 Å². The number of thioether (sulfide) groups is 1. The summed E-state index contributed by atoms with van der Waals surface area (Å²) < 4.78 is 1.35. The Morgan fingerprint density at radius 1 is 0.975 bits per heavy atom. The summed E-state index contributed by atoms with van der Waals surface area (Å²) in [5.74, 6) is -2.58. The number of nitrogens with zero attached hydrogens (tertiary/aromatic N) is 3. The molecule has 3 amide bonds. The van der Waals surface area contributed by atoms with Gasteiger partial charge in [-0.05, 0) is 54.1 Å². The highest BCUT2D eigenvalue weighted by Gasteiger charge is 2.56. The minimum Gasteiger partial charge on any atom is -0.324 e. The number of thiazole rings is 1. The second-order valence-electron chi connectivity index (χ2n) is 9.12. The molecule has 2 aromatic carbocycles. The van der Waals surface area contributed by atoms with E-state index in [0.717, 1.165) is 23.1 Å². The first-order chi connectivity index (χ1) is 19.2. The summed E-state index contributed by atoms with van der Waals surface area (Å²) in [6.07, 6.45) is 3.25. The van der Waals surface area contributed by atoms with Crippen molar-refractivity contribution >= 4 is 87.0 Å². The molecule has 40 heavy (non-hydrogen) atoms. The van der Waals surface area contributed by atoms with Crippen LogP contribution in [-0.4, -0.2) is 32.5 Å². The van der Waals surface area contributed by atoms with Crippen LogP contribution in [0.15, 0.2) is 76.8 Å². The number of carbonyl (C=O) groups excluding carboxylic acids is 3. The van der Waals surface area contributed by atoms with Gasteiger partial charge in [0.1, 0.15) is 11.8 Å². The fourth-order valence-electron chi connectivity index (χ4n) is 4.94. The Hall–Kier alpha value is -3.15. The number of imide groups is 1. The average molecular weight is 632 g/mol. The van der Waals surface area contributed by atoms with Crippen molar-refractivity contribution in [2.75, 3.05) is 10.2 Å². The molecule has 3 unspecified atom stereocenters. The highest BCUT2D eigenvalue weighted by molar-refractivity contribution is 8.00. The molecule has 4 aromatic rings. The summed E-state index contributed by atoms with van der Waals surface area (Å²) in [5.41, 5.74) is 1.54. The highest BCUT2D eigenvalue weighted by atomic mass is 35.5. The highest BCUT2D eigenvalue weighted by Crippen LogP contribution is 2.53. The average Bonchev–Trinajstić information content (AvgIpc) is 3.38.